The highest BCUT2D eigenvalue weighted by molar-refractivity contribution is 5.84. The minimum Gasteiger partial charge on any atom is -0.480 e. The van der Waals surface area contributed by atoms with Crippen LogP contribution in [0.25, 0.3) is 0 Å². The predicted octanol–water partition coefficient (Wildman–Crippen LogP) is 2.68. The Labute approximate surface area is 106 Å². The molecule has 1 aromatic rings. The largest absolute Gasteiger partial charge is 0.480 e. The molecule has 94 valence electrons. The Morgan fingerprint density at radius 2 is 2.11 bits per heavy atom. The predicted molar refractivity (Wildman–Crippen MR) is 68.4 cm³/mol. The van der Waals surface area contributed by atoms with Crippen molar-refractivity contribution in [3.05, 3.63) is 29.3 Å². The fourth-order valence-electron chi connectivity index (χ4n) is 2.54. The van der Waals surface area contributed by atoms with E-state index < -0.39 is 11.5 Å². The number of carbonyl (C=O) groups is 1. The number of benzene rings is 1. The lowest BCUT2D eigenvalue weighted by molar-refractivity contribution is -0.142. The highest BCUT2D eigenvalue weighted by Gasteiger charge is 2.41. The molecule has 1 saturated carbocycles. The third-order valence-electron chi connectivity index (χ3n) is 3.62. The summed E-state index contributed by atoms with van der Waals surface area (Å²) in [7, 11) is 0. The molecule has 0 unspecified atom stereocenters. The van der Waals surface area contributed by atoms with Crippen LogP contribution in [-0.2, 0) is 4.79 Å². The zero-order valence-electron chi connectivity index (χ0n) is 10.4. The van der Waals surface area contributed by atoms with Crippen LogP contribution in [0.3, 0.4) is 0 Å². The van der Waals surface area contributed by atoms with E-state index in [2.05, 4.69) is 11.4 Å². The number of para-hydroxylation sites is 1. The average molecular weight is 244 g/mol. The molecule has 4 nitrogen and oxygen atoms in total. The van der Waals surface area contributed by atoms with Gasteiger partial charge in [-0.05, 0) is 31.4 Å². The number of anilines is 1. The van der Waals surface area contributed by atoms with Gasteiger partial charge in [0.2, 0.25) is 0 Å². The Kier molecular flexibility index (Phi) is 3.24. The molecular formula is C14H16N2O2. The molecule has 0 saturated heterocycles. The number of nitrogens with zero attached hydrogens (tertiary/aromatic N) is 1. The zero-order chi connectivity index (χ0) is 13.2. The fraction of sp³-hybridized carbons (Fsp3) is 0.429. The lowest BCUT2D eigenvalue weighted by atomic mass is 9.95. The van der Waals surface area contributed by atoms with Crippen LogP contribution in [0.4, 0.5) is 5.69 Å². The molecule has 2 N–H and O–H groups in total. The molecular weight excluding hydrogens is 228 g/mol. The van der Waals surface area contributed by atoms with Crippen LogP contribution < -0.4 is 5.32 Å². The fourth-order valence-corrected chi connectivity index (χ4v) is 2.54. The number of aliphatic carboxylic acids is 1. The minimum atomic E-state index is -0.905. The number of nitriles is 1. The van der Waals surface area contributed by atoms with Crippen molar-refractivity contribution in [2.24, 2.45) is 0 Å². The van der Waals surface area contributed by atoms with Crippen molar-refractivity contribution in [3.8, 4) is 6.07 Å². The second-order valence-electron chi connectivity index (χ2n) is 4.83. The average Bonchev–Trinajstić information content (AvgIpc) is 2.82. The maximum absolute atomic E-state index is 11.5. The Morgan fingerprint density at radius 3 is 2.67 bits per heavy atom. The first-order valence-corrected chi connectivity index (χ1v) is 6.10. The van der Waals surface area contributed by atoms with E-state index in [-0.39, 0.29) is 0 Å². The summed E-state index contributed by atoms with van der Waals surface area (Å²) in [4.78, 5) is 11.5. The summed E-state index contributed by atoms with van der Waals surface area (Å²) in [5.74, 6) is -0.827. The SMILES string of the molecule is Cc1cccc(C#N)c1NC1(C(=O)O)CCCC1. The van der Waals surface area contributed by atoms with E-state index in [9.17, 15) is 9.90 Å². The van der Waals surface area contributed by atoms with Crippen LogP contribution in [0.1, 0.15) is 36.8 Å². The van der Waals surface area contributed by atoms with Gasteiger partial charge in [-0.1, -0.05) is 25.0 Å². The first-order chi connectivity index (χ1) is 8.59. The van der Waals surface area contributed by atoms with Gasteiger partial charge in [-0.2, -0.15) is 5.26 Å². The lowest BCUT2D eigenvalue weighted by Gasteiger charge is -2.28. The zero-order valence-corrected chi connectivity index (χ0v) is 10.4. The van der Waals surface area contributed by atoms with Crippen molar-refractivity contribution in [1.29, 1.82) is 5.26 Å². The molecule has 0 aromatic heterocycles. The molecule has 0 heterocycles. The highest BCUT2D eigenvalue weighted by Crippen LogP contribution is 2.35. The van der Waals surface area contributed by atoms with Crippen LogP contribution >= 0.6 is 0 Å². The molecule has 2 rings (SSSR count). The molecule has 0 aliphatic heterocycles. The number of carboxylic acid groups (broad SMARTS) is 1. The van der Waals surface area contributed by atoms with E-state index in [1.54, 1.807) is 12.1 Å². The van der Waals surface area contributed by atoms with E-state index in [4.69, 9.17) is 5.26 Å². The third-order valence-corrected chi connectivity index (χ3v) is 3.62. The summed E-state index contributed by atoms with van der Waals surface area (Å²) in [6, 6.07) is 7.51. The molecule has 1 aliphatic carbocycles. The Bertz CT molecular complexity index is 511. The molecule has 1 aromatic carbocycles. The number of hydrogen-bond donors (Lipinski definition) is 2. The van der Waals surface area contributed by atoms with Gasteiger partial charge in [-0.25, -0.2) is 4.79 Å². The summed E-state index contributed by atoms with van der Waals surface area (Å²) < 4.78 is 0. The van der Waals surface area contributed by atoms with Gasteiger partial charge in [0.05, 0.1) is 11.3 Å². The van der Waals surface area contributed by atoms with Gasteiger partial charge in [0.15, 0.2) is 0 Å². The van der Waals surface area contributed by atoms with E-state index in [1.807, 2.05) is 13.0 Å². The second kappa shape index (κ2) is 4.69. The van der Waals surface area contributed by atoms with Crippen molar-refractivity contribution < 1.29 is 9.90 Å². The van der Waals surface area contributed by atoms with Crippen LogP contribution in [0.5, 0.6) is 0 Å². The number of rotatable bonds is 3. The van der Waals surface area contributed by atoms with Gasteiger partial charge < -0.3 is 10.4 Å². The lowest BCUT2D eigenvalue weighted by Crippen LogP contribution is -2.44. The molecule has 0 spiro atoms. The third kappa shape index (κ3) is 2.04. The number of carboxylic acids is 1. The molecule has 0 atom stereocenters. The monoisotopic (exact) mass is 244 g/mol. The highest BCUT2D eigenvalue weighted by atomic mass is 16.4. The number of nitrogens with one attached hydrogen (secondary N) is 1. The van der Waals surface area contributed by atoms with Crippen molar-refractivity contribution in [2.45, 2.75) is 38.1 Å². The molecule has 0 amide bonds. The Morgan fingerprint density at radius 1 is 1.44 bits per heavy atom. The first kappa shape index (κ1) is 12.4. The minimum absolute atomic E-state index is 0.502. The topological polar surface area (TPSA) is 73.1 Å². The van der Waals surface area contributed by atoms with Crippen molar-refractivity contribution in [2.75, 3.05) is 5.32 Å². The molecule has 0 bridgehead atoms. The molecule has 1 aliphatic rings. The van der Waals surface area contributed by atoms with E-state index in [1.165, 1.54) is 0 Å². The molecule has 0 radical (unpaired) electrons. The summed E-state index contributed by atoms with van der Waals surface area (Å²) >= 11 is 0. The summed E-state index contributed by atoms with van der Waals surface area (Å²) in [6.45, 7) is 1.88. The normalized spacial score (nSPS) is 17.1. The van der Waals surface area contributed by atoms with Crippen LogP contribution in [0.15, 0.2) is 18.2 Å². The summed E-state index contributed by atoms with van der Waals surface area (Å²) in [5.41, 5.74) is 1.16. The summed E-state index contributed by atoms with van der Waals surface area (Å²) in [6.07, 6.45) is 3.04. The van der Waals surface area contributed by atoms with Gasteiger partial charge in [0.25, 0.3) is 0 Å². The summed E-state index contributed by atoms with van der Waals surface area (Å²) in [5, 5.41) is 21.7. The maximum atomic E-state index is 11.5. The first-order valence-electron chi connectivity index (χ1n) is 6.10. The molecule has 18 heavy (non-hydrogen) atoms. The maximum Gasteiger partial charge on any atom is 0.329 e. The van der Waals surface area contributed by atoms with Gasteiger partial charge in [0, 0.05) is 0 Å². The van der Waals surface area contributed by atoms with Crippen molar-refractivity contribution in [3.63, 3.8) is 0 Å². The number of aryl methyl sites for hydroxylation is 1. The molecule has 4 heteroatoms. The van der Waals surface area contributed by atoms with Gasteiger partial charge in [0.1, 0.15) is 11.6 Å². The van der Waals surface area contributed by atoms with Gasteiger partial charge in [-0.3, -0.25) is 0 Å². The van der Waals surface area contributed by atoms with Crippen molar-refractivity contribution >= 4 is 11.7 Å². The van der Waals surface area contributed by atoms with E-state index in [0.717, 1.165) is 18.4 Å². The van der Waals surface area contributed by atoms with Gasteiger partial charge >= 0.3 is 5.97 Å². The standard InChI is InChI=1S/C14H16N2O2/c1-10-5-4-6-11(9-15)12(10)16-14(13(17)18)7-2-3-8-14/h4-6,16H,2-3,7-8H2,1H3,(H,17,18). The Hall–Kier alpha value is -2.02. The van der Waals surface area contributed by atoms with Crippen molar-refractivity contribution in [1.82, 2.24) is 0 Å². The van der Waals surface area contributed by atoms with E-state index >= 15 is 0 Å². The molecule has 1 fully saturated rings. The van der Waals surface area contributed by atoms with Crippen LogP contribution in [0.2, 0.25) is 0 Å². The van der Waals surface area contributed by atoms with Gasteiger partial charge in [-0.15, -0.1) is 0 Å². The smallest absolute Gasteiger partial charge is 0.329 e. The van der Waals surface area contributed by atoms with Crippen LogP contribution in [0, 0.1) is 18.3 Å². The number of hydrogen-bond acceptors (Lipinski definition) is 3. The Balaban J connectivity index is 2.39. The second-order valence-corrected chi connectivity index (χ2v) is 4.83. The van der Waals surface area contributed by atoms with E-state index in [0.29, 0.717) is 24.1 Å². The van der Waals surface area contributed by atoms with Crippen LogP contribution in [-0.4, -0.2) is 16.6 Å². The quantitative estimate of drug-likeness (QED) is 0.857.